The average Bonchev–Trinajstić information content (AvgIpc) is 2.25. The van der Waals surface area contributed by atoms with Gasteiger partial charge in [0.1, 0.15) is 18.8 Å². The molecular weight excluding hydrogens is 191 g/mol. The van der Waals surface area contributed by atoms with E-state index in [1.165, 1.54) is 0 Å². The first-order valence-corrected chi connectivity index (χ1v) is 4.82. The van der Waals surface area contributed by atoms with E-state index in [9.17, 15) is 4.53 Å². The maximum Gasteiger partial charge on any atom is 0.116 e. The first-order chi connectivity index (χ1) is 6.86. The van der Waals surface area contributed by atoms with Gasteiger partial charge in [-0.1, -0.05) is 13.8 Å². The van der Waals surface area contributed by atoms with Crippen molar-refractivity contribution in [3.63, 3.8) is 0 Å². The molecule has 14 heavy (non-hydrogen) atoms. The number of hydrogen-bond donors (Lipinski definition) is 0. The van der Waals surface area contributed by atoms with E-state index >= 15 is 0 Å². The van der Waals surface area contributed by atoms with Gasteiger partial charge in [0, 0.05) is 7.11 Å². The Morgan fingerprint density at radius 1 is 1.14 bits per heavy atom. The fourth-order valence-electron chi connectivity index (χ4n) is 1.03. The number of hydrogen-bond acceptors (Lipinski definition) is 4. The normalized spacial score (nSPS) is 26.6. The van der Waals surface area contributed by atoms with Crippen molar-refractivity contribution in [2.24, 2.45) is 0 Å². The number of halogens is 1. The molecule has 0 bridgehead atoms. The Morgan fingerprint density at radius 3 is 2.00 bits per heavy atom. The molecule has 0 aliphatic carbocycles. The Morgan fingerprint density at radius 2 is 1.64 bits per heavy atom. The van der Waals surface area contributed by atoms with Crippen LogP contribution in [0.2, 0.25) is 0 Å². The van der Waals surface area contributed by atoms with Gasteiger partial charge in [0.2, 0.25) is 0 Å². The molecular formula is C9H19FO4. The lowest BCUT2D eigenvalue weighted by molar-refractivity contribution is -0.210. The molecule has 1 aliphatic rings. The van der Waals surface area contributed by atoms with Crippen LogP contribution >= 0.6 is 0 Å². The number of methoxy groups -OCH3 is 1. The molecule has 2 atom stereocenters. The molecule has 86 valence electrons. The molecule has 2 unspecified atom stereocenters. The highest BCUT2D eigenvalue weighted by molar-refractivity contribution is 4.66. The molecule has 5 heteroatoms. The smallest absolute Gasteiger partial charge is 0.116 e. The summed E-state index contributed by atoms with van der Waals surface area (Å²) in [6, 6.07) is 0. The monoisotopic (exact) mass is 210 g/mol. The lowest BCUT2D eigenvalue weighted by Crippen LogP contribution is -2.39. The largest absolute Gasteiger partial charge is 0.382 e. The minimum Gasteiger partial charge on any atom is -0.382 e. The van der Waals surface area contributed by atoms with Crippen molar-refractivity contribution in [1.29, 1.82) is 0 Å². The second-order valence-corrected chi connectivity index (χ2v) is 2.64. The number of rotatable bonds is 4. The molecule has 1 fully saturated rings. The van der Waals surface area contributed by atoms with Crippen LogP contribution in [-0.4, -0.2) is 45.7 Å². The lowest BCUT2D eigenvalue weighted by Gasteiger charge is -2.27. The van der Waals surface area contributed by atoms with Crippen LogP contribution in [0.1, 0.15) is 13.8 Å². The van der Waals surface area contributed by atoms with E-state index < -0.39 is 0 Å². The SMILES string of the molecule is CC.COCC1COC(COF)CO1. The summed E-state index contributed by atoms with van der Waals surface area (Å²) in [7, 11) is 1.60. The van der Waals surface area contributed by atoms with Crippen molar-refractivity contribution in [2.75, 3.05) is 33.5 Å². The van der Waals surface area contributed by atoms with E-state index in [1.54, 1.807) is 7.11 Å². The van der Waals surface area contributed by atoms with Gasteiger partial charge in [0.05, 0.1) is 19.8 Å². The third-order valence-electron chi connectivity index (χ3n) is 1.64. The third kappa shape index (κ3) is 5.49. The summed E-state index contributed by atoms with van der Waals surface area (Å²) < 4.78 is 26.7. The van der Waals surface area contributed by atoms with Gasteiger partial charge >= 0.3 is 0 Å². The molecule has 0 spiro atoms. The summed E-state index contributed by atoms with van der Waals surface area (Å²) in [6.07, 6.45) is -0.325. The minimum absolute atomic E-state index is 0.0362. The minimum atomic E-state index is -0.289. The maximum absolute atomic E-state index is 11.4. The Bertz CT molecular complexity index is 101. The Balaban J connectivity index is 0.000000791. The summed E-state index contributed by atoms with van der Waals surface area (Å²) in [6.45, 7) is 5.22. The molecule has 1 aliphatic heterocycles. The van der Waals surface area contributed by atoms with Crippen molar-refractivity contribution in [1.82, 2.24) is 0 Å². The van der Waals surface area contributed by atoms with E-state index in [-0.39, 0.29) is 18.8 Å². The van der Waals surface area contributed by atoms with Gasteiger partial charge < -0.3 is 14.2 Å². The highest BCUT2D eigenvalue weighted by atomic mass is 19.3. The van der Waals surface area contributed by atoms with E-state index in [1.807, 2.05) is 13.8 Å². The molecule has 1 saturated heterocycles. The van der Waals surface area contributed by atoms with Gasteiger partial charge in [-0.25, -0.2) is 0 Å². The zero-order valence-corrected chi connectivity index (χ0v) is 8.99. The molecule has 0 aromatic heterocycles. The topological polar surface area (TPSA) is 36.9 Å². The third-order valence-corrected chi connectivity index (χ3v) is 1.64. The van der Waals surface area contributed by atoms with Crippen LogP contribution in [-0.2, 0) is 19.2 Å². The Hall–Kier alpha value is -0.230. The second-order valence-electron chi connectivity index (χ2n) is 2.64. The first-order valence-electron chi connectivity index (χ1n) is 4.82. The zero-order chi connectivity index (χ0) is 10.8. The van der Waals surface area contributed by atoms with Gasteiger partial charge in [0.25, 0.3) is 0 Å². The van der Waals surface area contributed by atoms with Crippen molar-refractivity contribution >= 4 is 0 Å². The van der Waals surface area contributed by atoms with Crippen LogP contribution in [0.15, 0.2) is 0 Å². The molecule has 0 aromatic carbocycles. The van der Waals surface area contributed by atoms with Gasteiger partial charge in [-0.15, -0.1) is 0 Å². The van der Waals surface area contributed by atoms with Crippen molar-refractivity contribution in [3.05, 3.63) is 0 Å². The molecule has 0 N–H and O–H groups in total. The summed E-state index contributed by atoms with van der Waals surface area (Å²) in [5.74, 6) is 0. The maximum atomic E-state index is 11.4. The van der Waals surface area contributed by atoms with E-state index in [4.69, 9.17) is 14.2 Å². The fourth-order valence-corrected chi connectivity index (χ4v) is 1.03. The van der Waals surface area contributed by atoms with E-state index in [2.05, 4.69) is 4.94 Å². The van der Waals surface area contributed by atoms with Crippen LogP contribution in [0.3, 0.4) is 0 Å². The summed E-state index contributed by atoms with van der Waals surface area (Å²) >= 11 is 0. The highest BCUT2D eigenvalue weighted by Gasteiger charge is 2.22. The lowest BCUT2D eigenvalue weighted by atomic mass is 10.3. The average molecular weight is 210 g/mol. The van der Waals surface area contributed by atoms with Gasteiger partial charge in [-0.05, 0) is 4.53 Å². The predicted molar refractivity (Wildman–Crippen MR) is 49.8 cm³/mol. The Labute approximate surface area is 84.2 Å². The van der Waals surface area contributed by atoms with Gasteiger partial charge in [-0.3, -0.25) is 0 Å². The molecule has 0 amide bonds. The van der Waals surface area contributed by atoms with Gasteiger partial charge in [0.15, 0.2) is 0 Å². The summed E-state index contributed by atoms with van der Waals surface area (Å²) in [5, 5.41) is 0. The summed E-state index contributed by atoms with van der Waals surface area (Å²) in [5.41, 5.74) is 0. The fraction of sp³-hybridized carbons (Fsp3) is 1.00. The molecule has 0 radical (unpaired) electrons. The second kappa shape index (κ2) is 9.33. The predicted octanol–water partition coefficient (Wildman–Crippen LogP) is 1.34. The van der Waals surface area contributed by atoms with Crippen LogP contribution in [0.25, 0.3) is 0 Å². The quantitative estimate of drug-likeness (QED) is 0.701. The van der Waals surface area contributed by atoms with Crippen molar-refractivity contribution in [3.8, 4) is 0 Å². The Kier molecular flexibility index (Phi) is 9.18. The highest BCUT2D eigenvalue weighted by Crippen LogP contribution is 2.07. The first kappa shape index (κ1) is 13.8. The standard InChI is InChI=1S/C7H13FO4.C2H6/c1-9-2-6-3-11-7(4-10-6)5-12-8;1-2/h6-7H,2-5H2,1H3;1-2H3. The van der Waals surface area contributed by atoms with Crippen molar-refractivity contribution in [2.45, 2.75) is 26.1 Å². The molecule has 0 aromatic rings. The molecule has 1 heterocycles. The van der Waals surface area contributed by atoms with Crippen LogP contribution in [0.4, 0.5) is 4.53 Å². The number of ether oxygens (including phenoxy) is 3. The van der Waals surface area contributed by atoms with E-state index in [0.29, 0.717) is 19.8 Å². The van der Waals surface area contributed by atoms with Crippen molar-refractivity contribution < 1.29 is 23.7 Å². The van der Waals surface area contributed by atoms with Crippen LogP contribution in [0, 0.1) is 0 Å². The van der Waals surface area contributed by atoms with E-state index in [0.717, 1.165) is 0 Å². The van der Waals surface area contributed by atoms with Crippen LogP contribution < -0.4 is 0 Å². The molecule has 0 saturated carbocycles. The summed E-state index contributed by atoms with van der Waals surface area (Å²) in [4.78, 5) is 3.44. The zero-order valence-electron chi connectivity index (χ0n) is 8.99. The van der Waals surface area contributed by atoms with Crippen LogP contribution in [0.5, 0.6) is 0 Å². The molecule has 1 rings (SSSR count). The van der Waals surface area contributed by atoms with Gasteiger partial charge in [-0.2, -0.15) is 4.94 Å². The molecule has 4 nitrogen and oxygen atoms in total.